The van der Waals surface area contributed by atoms with Gasteiger partial charge in [-0.2, -0.15) is 0 Å². The molecule has 3 rings (SSSR count). The molecule has 2 aliphatic heterocycles. The van der Waals surface area contributed by atoms with Crippen LogP contribution >= 0.6 is 0 Å². The minimum atomic E-state index is -2.76. The lowest BCUT2D eigenvalue weighted by atomic mass is 10.0. The molecule has 2 heterocycles. The van der Waals surface area contributed by atoms with Crippen LogP contribution in [0.4, 0.5) is 8.78 Å². The summed E-state index contributed by atoms with van der Waals surface area (Å²) in [5, 5.41) is 9.29. The van der Waals surface area contributed by atoms with Crippen molar-refractivity contribution in [2.24, 2.45) is 0 Å². The number of ether oxygens (including phenoxy) is 1. The van der Waals surface area contributed by atoms with E-state index >= 15 is 0 Å². The number of nitrogens with zero attached hydrogens (tertiary/aromatic N) is 2. The van der Waals surface area contributed by atoms with Crippen LogP contribution in [-0.4, -0.2) is 72.2 Å². The highest BCUT2D eigenvalue weighted by molar-refractivity contribution is 5.97. The molecule has 2 fully saturated rings. The fraction of sp³-hybridized carbons (Fsp3) is 0.562. The van der Waals surface area contributed by atoms with Crippen LogP contribution in [0.3, 0.4) is 0 Å². The lowest BCUT2D eigenvalue weighted by Gasteiger charge is -2.45. The fourth-order valence-electron chi connectivity index (χ4n) is 3.34. The van der Waals surface area contributed by atoms with Gasteiger partial charge in [-0.05, 0) is 12.1 Å². The molecule has 1 atom stereocenters. The van der Waals surface area contributed by atoms with Crippen LogP contribution in [0.1, 0.15) is 16.8 Å². The predicted octanol–water partition coefficient (Wildman–Crippen LogP) is 1.22. The van der Waals surface area contributed by atoms with Crippen molar-refractivity contribution in [3.8, 4) is 5.75 Å². The summed E-state index contributed by atoms with van der Waals surface area (Å²) in [7, 11) is 1.50. The van der Waals surface area contributed by atoms with E-state index in [4.69, 9.17) is 4.74 Å². The lowest BCUT2D eigenvalue weighted by Crippen LogP contribution is -2.62. The van der Waals surface area contributed by atoms with E-state index in [-0.39, 0.29) is 31.5 Å². The molecule has 7 heteroatoms. The van der Waals surface area contributed by atoms with Crippen LogP contribution in [-0.2, 0) is 0 Å². The molecular formula is C16H20F2N2O3. The Morgan fingerprint density at radius 3 is 2.74 bits per heavy atom. The molecule has 126 valence electrons. The van der Waals surface area contributed by atoms with Gasteiger partial charge in [0.05, 0.1) is 25.8 Å². The van der Waals surface area contributed by atoms with Crippen molar-refractivity contribution in [2.75, 3.05) is 33.4 Å². The number of alkyl halides is 2. The Morgan fingerprint density at radius 1 is 1.39 bits per heavy atom. The van der Waals surface area contributed by atoms with Gasteiger partial charge in [0, 0.05) is 31.6 Å². The number of benzene rings is 1. The van der Waals surface area contributed by atoms with E-state index in [1.54, 1.807) is 34.1 Å². The molecule has 1 amide bonds. The Labute approximate surface area is 133 Å². The first-order chi connectivity index (χ1) is 10.9. The maximum atomic E-state index is 13.5. The Morgan fingerprint density at radius 2 is 2.09 bits per heavy atom. The van der Waals surface area contributed by atoms with E-state index < -0.39 is 12.0 Å². The molecule has 1 aromatic carbocycles. The third-order valence-corrected chi connectivity index (χ3v) is 4.58. The number of para-hydroxylation sites is 1. The summed E-state index contributed by atoms with van der Waals surface area (Å²) < 4.78 is 32.2. The number of halogens is 2. The number of likely N-dealkylation sites (tertiary alicyclic amines) is 2. The average molecular weight is 326 g/mol. The smallest absolute Gasteiger partial charge is 0.262 e. The van der Waals surface area contributed by atoms with Crippen molar-refractivity contribution < 1.29 is 23.4 Å². The number of rotatable bonds is 4. The molecule has 0 aliphatic carbocycles. The van der Waals surface area contributed by atoms with Crippen LogP contribution in [0.5, 0.6) is 5.75 Å². The number of hydrogen-bond donors (Lipinski definition) is 1. The van der Waals surface area contributed by atoms with E-state index in [2.05, 4.69) is 0 Å². The molecule has 0 bridgehead atoms. The first-order valence-electron chi connectivity index (χ1n) is 7.62. The number of hydrogen-bond acceptors (Lipinski definition) is 4. The zero-order valence-electron chi connectivity index (χ0n) is 12.9. The van der Waals surface area contributed by atoms with Crippen molar-refractivity contribution in [2.45, 2.75) is 24.4 Å². The van der Waals surface area contributed by atoms with Crippen LogP contribution in [0, 0.1) is 0 Å². The zero-order valence-corrected chi connectivity index (χ0v) is 12.9. The van der Waals surface area contributed by atoms with Crippen LogP contribution in [0.25, 0.3) is 0 Å². The Balaban J connectivity index is 1.64. The van der Waals surface area contributed by atoms with Crippen molar-refractivity contribution in [3.05, 3.63) is 29.8 Å². The second-order valence-corrected chi connectivity index (χ2v) is 6.13. The predicted molar refractivity (Wildman–Crippen MR) is 79.8 cm³/mol. The minimum Gasteiger partial charge on any atom is -0.496 e. The Kier molecular flexibility index (Phi) is 4.25. The SMILES string of the molecule is COc1ccccc1C(=O)N1CC(N2CC(F)(F)C[C@H]2CO)C1. The highest BCUT2D eigenvalue weighted by atomic mass is 19.3. The molecule has 0 unspecified atom stereocenters. The van der Waals surface area contributed by atoms with E-state index in [1.807, 2.05) is 0 Å². The van der Waals surface area contributed by atoms with Gasteiger partial charge in [-0.25, -0.2) is 8.78 Å². The third-order valence-electron chi connectivity index (χ3n) is 4.58. The molecule has 2 aliphatic rings. The van der Waals surface area contributed by atoms with Gasteiger partial charge in [-0.15, -0.1) is 0 Å². The molecular weight excluding hydrogens is 306 g/mol. The molecule has 0 aromatic heterocycles. The zero-order chi connectivity index (χ0) is 16.6. The van der Waals surface area contributed by atoms with Crippen LogP contribution in [0.15, 0.2) is 24.3 Å². The second-order valence-electron chi connectivity index (χ2n) is 6.13. The third kappa shape index (κ3) is 3.03. The van der Waals surface area contributed by atoms with Crippen molar-refractivity contribution >= 4 is 5.91 Å². The molecule has 0 saturated carbocycles. The quantitative estimate of drug-likeness (QED) is 0.904. The number of carbonyl (C=O) groups is 1. The number of carbonyl (C=O) groups excluding carboxylic acids is 1. The molecule has 23 heavy (non-hydrogen) atoms. The molecule has 2 saturated heterocycles. The van der Waals surface area contributed by atoms with Crippen molar-refractivity contribution in [3.63, 3.8) is 0 Å². The van der Waals surface area contributed by atoms with Gasteiger partial charge in [0.15, 0.2) is 0 Å². The molecule has 1 N–H and O–H groups in total. The summed E-state index contributed by atoms with van der Waals surface area (Å²) >= 11 is 0. The topological polar surface area (TPSA) is 53.0 Å². The standard InChI is InChI=1S/C16H20F2N2O3/c1-23-14-5-3-2-4-13(14)15(22)19-7-12(8-19)20-10-16(17,18)6-11(20)9-21/h2-5,11-12,21H,6-10H2,1H3/t11-/m0/s1. The monoisotopic (exact) mass is 326 g/mol. The largest absolute Gasteiger partial charge is 0.496 e. The van der Waals surface area contributed by atoms with Gasteiger partial charge in [0.25, 0.3) is 11.8 Å². The van der Waals surface area contributed by atoms with Crippen LogP contribution < -0.4 is 4.74 Å². The Hall–Kier alpha value is -1.73. The second kappa shape index (κ2) is 6.05. The summed E-state index contributed by atoms with van der Waals surface area (Å²) in [4.78, 5) is 15.7. The normalized spacial score (nSPS) is 24.5. The highest BCUT2D eigenvalue weighted by Gasteiger charge is 2.50. The average Bonchev–Trinajstić information content (AvgIpc) is 2.80. The summed E-state index contributed by atoms with van der Waals surface area (Å²) in [6.45, 7) is 0.152. The Bertz CT molecular complexity index is 590. The minimum absolute atomic E-state index is 0.126. The number of amides is 1. The number of aliphatic hydroxyl groups is 1. The lowest BCUT2D eigenvalue weighted by molar-refractivity contribution is -0.0125. The summed E-state index contributed by atoms with van der Waals surface area (Å²) in [6, 6.07) is 6.29. The maximum Gasteiger partial charge on any atom is 0.262 e. The van der Waals surface area contributed by atoms with E-state index in [0.717, 1.165) is 0 Å². The van der Waals surface area contributed by atoms with Crippen molar-refractivity contribution in [1.29, 1.82) is 0 Å². The van der Waals surface area contributed by atoms with Gasteiger partial charge in [0.2, 0.25) is 0 Å². The summed E-state index contributed by atoms with van der Waals surface area (Å²) in [6.07, 6.45) is -0.319. The maximum absolute atomic E-state index is 13.5. The van der Waals surface area contributed by atoms with E-state index in [9.17, 15) is 18.7 Å². The first-order valence-corrected chi connectivity index (χ1v) is 7.62. The van der Waals surface area contributed by atoms with E-state index in [0.29, 0.717) is 24.4 Å². The van der Waals surface area contributed by atoms with Crippen molar-refractivity contribution in [1.82, 2.24) is 9.80 Å². The highest BCUT2D eigenvalue weighted by Crippen LogP contribution is 2.35. The fourth-order valence-corrected chi connectivity index (χ4v) is 3.34. The number of aliphatic hydroxyl groups excluding tert-OH is 1. The molecule has 0 spiro atoms. The van der Waals surface area contributed by atoms with Gasteiger partial charge in [-0.1, -0.05) is 12.1 Å². The number of methoxy groups -OCH3 is 1. The van der Waals surface area contributed by atoms with Gasteiger partial charge in [-0.3, -0.25) is 9.69 Å². The van der Waals surface area contributed by atoms with E-state index in [1.165, 1.54) is 7.11 Å². The molecule has 5 nitrogen and oxygen atoms in total. The first kappa shape index (κ1) is 16.1. The summed E-state index contributed by atoms with van der Waals surface area (Å²) in [5.74, 6) is -2.42. The molecule has 0 radical (unpaired) electrons. The van der Waals surface area contributed by atoms with Gasteiger partial charge in [0.1, 0.15) is 5.75 Å². The van der Waals surface area contributed by atoms with Crippen LogP contribution in [0.2, 0.25) is 0 Å². The van der Waals surface area contributed by atoms with Gasteiger partial charge >= 0.3 is 0 Å². The molecule has 1 aromatic rings. The summed E-state index contributed by atoms with van der Waals surface area (Å²) in [5.41, 5.74) is 0.471. The van der Waals surface area contributed by atoms with Gasteiger partial charge < -0.3 is 14.7 Å².